The fourth-order valence-corrected chi connectivity index (χ4v) is 5.00. The van der Waals surface area contributed by atoms with Gasteiger partial charge in [-0.25, -0.2) is 12.8 Å². The molecule has 1 amide bonds. The van der Waals surface area contributed by atoms with Crippen molar-refractivity contribution in [3.8, 4) is 0 Å². The van der Waals surface area contributed by atoms with Crippen LogP contribution in [-0.4, -0.2) is 69.3 Å². The number of rotatable bonds is 4. The zero-order valence-corrected chi connectivity index (χ0v) is 16.0. The number of quaternary nitrogens is 1. The maximum atomic E-state index is 13.0. The molecule has 0 spiro atoms. The van der Waals surface area contributed by atoms with Gasteiger partial charge in [0.25, 0.3) is 5.91 Å². The number of nitrogens with zero attached hydrogens (tertiary/aromatic N) is 2. The molecular weight excluding hydrogens is 357 g/mol. The fourth-order valence-electron chi connectivity index (χ4n) is 3.56. The number of amides is 1. The number of nitrogens with one attached hydrogen (secondary N) is 1. The first-order valence-electron chi connectivity index (χ1n) is 9.23. The van der Waals surface area contributed by atoms with Crippen molar-refractivity contribution in [2.75, 3.05) is 45.8 Å². The van der Waals surface area contributed by atoms with E-state index in [2.05, 4.69) is 6.92 Å². The van der Waals surface area contributed by atoms with Crippen LogP contribution in [0.3, 0.4) is 0 Å². The van der Waals surface area contributed by atoms with Crippen molar-refractivity contribution >= 4 is 15.9 Å². The van der Waals surface area contributed by atoms with E-state index in [1.165, 1.54) is 16.4 Å². The van der Waals surface area contributed by atoms with Crippen molar-refractivity contribution in [2.45, 2.75) is 24.7 Å². The Balaban J connectivity index is 1.52. The van der Waals surface area contributed by atoms with Gasteiger partial charge in [0.2, 0.25) is 10.0 Å². The normalized spacial score (nSPS) is 21.1. The molecule has 0 radical (unpaired) electrons. The van der Waals surface area contributed by atoms with Crippen molar-refractivity contribution in [2.24, 2.45) is 5.92 Å². The molecule has 2 heterocycles. The molecule has 1 N–H and O–H groups in total. The fraction of sp³-hybridized carbons (Fsp3) is 0.611. The van der Waals surface area contributed by atoms with Gasteiger partial charge in [-0.05, 0) is 43.0 Å². The summed E-state index contributed by atoms with van der Waals surface area (Å²) in [5.41, 5.74) is 0. The summed E-state index contributed by atoms with van der Waals surface area (Å²) >= 11 is 0. The predicted molar refractivity (Wildman–Crippen MR) is 95.7 cm³/mol. The molecule has 3 rings (SSSR count). The highest BCUT2D eigenvalue weighted by Crippen LogP contribution is 2.17. The topological polar surface area (TPSA) is 62.1 Å². The van der Waals surface area contributed by atoms with Crippen molar-refractivity contribution < 1.29 is 22.5 Å². The molecule has 2 fully saturated rings. The van der Waals surface area contributed by atoms with E-state index >= 15 is 0 Å². The molecule has 8 heteroatoms. The Morgan fingerprint density at radius 3 is 2.27 bits per heavy atom. The number of piperidine rings is 1. The zero-order chi connectivity index (χ0) is 18.7. The Morgan fingerprint density at radius 2 is 1.69 bits per heavy atom. The minimum atomic E-state index is -3.60. The van der Waals surface area contributed by atoms with Gasteiger partial charge in [-0.15, -0.1) is 0 Å². The average Bonchev–Trinajstić information content (AvgIpc) is 2.63. The second-order valence-corrected chi connectivity index (χ2v) is 9.29. The third-order valence-electron chi connectivity index (χ3n) is 5.42. The van der Waals surface area contributed by atoms with E-state index in [1.807, 2.05) is 4.90 Å². The van der Waals surface area contributed by atoms with Crippen LogP contribution in [0.4, 0.5) is 4.39 Å². The predicted octanol–water partition coefficient (Wildman–Crippen LogP) is -0.0266. The molecule has 0 aromatic heterocycles. The number of benzene rings is 1. The Labute approximate surface area is 154 Å². The summed E-state index contributed by atoms with van der Waals surface area (Å²) in [5.74, 6) is 0.400. The Hall–Kier alpha value is -1.51. The van der Waals surface area contributed by atoms with Crippen LogP contribution in [-0.2, 0) is 14.8 Å². The summed E-state index contributed by atoms with van der Waals surface area (Å²) in [5, 5.41) is 0. The summed E-state index contributed by atoms with van der Waals surface area (Å²) in [7, 11) is -3.60. The first-order valence-corrected chi connectivity index (χ1v) is 10.7. The summed E-state index contributed by atoms with van der Waals surface area (Å²) in [6, 6.07) is 4.91. The lowest BCUT2D eigenvalue weighted by atomic mass is 9.99. The molecule has 6 nitrogen and oxygen atoms in total. The van der Waals surface area contributed by atoms with Gasteiger partial charge in [0.05, 0.1) is 31.1 Å². The van der Waals surface area contributed by atoms with Crippen LogP contribution in [0.5, 0.6) is 0 Å². The van der Waals surface area contributed by atoms with Crippen molar-refractivity contribution in [1.29, 1.82) is 0 Å². The maximum absolute atomic E-state index is 13.0. The van der Waals surface area contributed by atoms with Gasteiger partial charge in [-0.2, -0.15) is 4.31 Å². The molecule has 0 unspecified atom stereocenters. The van der Waals surface area contributed by atoms with Crippen molar-refractivity contribution in [1.82, 2.24) is 9.21 Å². The molecule has 2 aliphatic heterocycles. The first kappa shape index (κ1) is 19.3. The standard InChI is InChI=1S/C18H26FN3O3S/c1-15-6-8-21(9-7-15)18(23)14-20-10-12-22(13-11-20)26(24,25)17-4-2-16(19)3-5-17/h2-5,15H,6-14H2,1H3/p+1. The highest BCUT2D eigenvalue weighted by molar-refractivity contribution is 7.89. The molecule has 2 aliphatic rings. The third-order valence-corrected chi connectivity index (χ3v) is 7.33. The van der Waals surface area contributed by atoms with Gasteiger partial charge >= 0.3 is 0 Å². The Morgan fingerprint density at radius 1 is 1.12 bits per heavy atom. The Bertz CT molecular complexity index is 723. The smallest absolute Gasteiger partial charge is 0.277 e. The van der Waals surface area contributed by atoms with E-state index in [1.54, 1.807) is 0 Å². The molecule has 0 aliphatic carbocycles. The summed E-state index contributed by atoms with van der Waals surface area (Å²) < 4.78 is 39.7. The van der Waals surface area contributed by atoms with Gasteiger partial charge in [0.15, 0.2) is 6.54 Å². The highest BCUT2D eigenvalue weighted by Gasteiger charge is 2.32. The zero-order valence-electron chi connectivity index (χ0n) is 15.2. The summed E-state index contributed by atoms with van der Waals surface area (Å²) in [6.07, 6.45) is 2.12. The van der Waals surface area contributed by atoms with Crippen LogP contribution in [0.2, 0.25) is 0 Å². The number of hydrogen-bond donors (Lipinski definition) is 1. The second kappa shape index (κ2) is 8.02. The summed E-state index contributed by atoms with van der Waals surface area (Å²) in [6.45, 7) is 6.27. The monoisotopic (exact) mass is 384 g/mol. The average molecular weight is 384 g/mol. The molecular formula is C18H27FN3O3S+. The molecule has 1 aromatic rings. The lowest BCUT2D eigenvalue weighted by Gasteiger charge is -2.34. The van der Waals surface area contributed by atoms with E-state index in [4.69, 9.17) is 0 Å². The molecule has 2 saturated heterocycles. The quantitative estimate of drug-likeness (QED) is 0.793. The van der Waals surface area contributed by atoms with E-state index in [-0.39, 0.29) is 10.8 Å². The minimum Gasteiger partial charge on any atom is -0.338 e. The van der Waals surface area contributed by atoms with E-state index in [9.17, 15) is 17.6 Å². The number of likely N-dealkylation sites (tertiary alicyclic amines) is 1. The highest BCUT2D eigenvalue weighted by atomic mass is 32.2. The van der Waals surface area contributed by atoms with Crippen LogP contribution in [0.15, 0.2) is 29.2 Å². The number of hydrogen-bond acceptors (Lipinski definition) is 3. The lowest BCUT2D eigenvalue weighted by molar-refractivity contribution is -0.896. The SMILES string of the molecule is CC1CCN(C(=O)C[NH+]2CCN(S(=O)(=O)c3ccc(F)cc3)CC2)CC1. The van der Waals surface area contributed by atoms with Gasteiger partial charge < -0.3 is 9.80 Å². The summed E-state index contributed by atoms with van der Waals surface area (Å²) in [4.78, 5) is 15.6. The van der Waals surface area contributed by atoms with Crippen molar-refractivity contribution in [3.05, 3.63) is 30.1 Å². The number of halogens is 1. The van der Waals surface area contributed by atoms with Gasteiger partial charge in [-0.3, -0.25) is 4.79 Å². The second-order valence-electron chi connectivity index (χ2n) is 7.35. The largest absolute Gasteiger partial charge is 0.338 e. The molecule has 1 aromatic carbocycles. The van der Waals surface area contributed by atoms with Crippen molar-refractivity contribution in [3.63, 3.8) is 0 Å². The van der Waals surface area contributed by atoms with Gasteiger partial charge in [0, 0.05) is 13.1 Å². The van der Waals surface area contributed by atoms with Crippen LogP contribution < -0.4 is 4.90 Å². The molecule has 0 bridgehead atoms. The minimum absolute atomic E-state index is 0.112. The lowest BCUT2D eigenvalue weighted by Crippen LogP contribution is -3.15. The number of sulfonamides is 1. The first-order chi connectivity index (χ1) is 12.4. The van der Waals surface area contributed by atoms with Crippen LogP contribution in [0.25, 0.3) is 0 Å². The number of carbonyl (C=O) groups is 1. The van der Waals surface area contributed by atoms with E-state index < -0.39 is 15.8 Å². The van der Waals surface area contributed by atoms with E-state index in [0.717, 1.165) is 43.0 Å². The molecule has 144 valence electrons. The van der Waals surface area contributed by atoms with Gasteiger partial charge in [-0.1, -0.05) is 6.92 Å². The van der Waals surface area contributed by atoms with Gasteiger partial charge in [0.1, 0.15) is 5.82 Å². The molecule has 26 heavy (non-hydrogen) atoms. The van der Waals surface area contributed by atoms with Crippen LogP contribution in [0, 0.1) is 11.7 Å². The molecule has 0 atom stereocenters. The Kier molecular flexibility index (Phi) is 5.94. The van der Waals surface area contributed by atoms with E-state index in [0.29, 0.717) is 38.6 Å². The number of piperazine rings is 1. The van der Waals surface area contributed by atoms with Crippen LogP contribution >= 0.6 is 0 Å². The third kappa shape index (κ3) is 4.42. The maximum Gasteiger partial charge on any atom is 0.277 e. The van der Waals surface area contributed by atoms with Crippen LogP contribution in [0.1, 0.15) is 19.8 Å². The molecule has 0 saturated carbocycles. The number of carbonyl (C=O) groups excluding carboxylic acids is 1.